The van der Waals surface area contributed by atoms with Gasteiger partial charge in [-0.25, -0.2) is 4.79 Å². The highest BCUT2D eigenvalue weighted by Gasteiger charge is 2.41. The van der Waals surface area contributed by atoms with Gasteiger partial charge in [0, 0.05) is 30.9 Å². The maximum atomic E-state index is 12.1. The number of carbonyl (C=O) groups excluding carboxylic acids is 1. The molecule has 2 heterocycles. The molecule has 2 amide bonds. The van der Waals surface area contributed by atoms with Crippen molar-refractivity contribution in [2.75, 3.05) is 50.9 Å². The summed E-state index contributed by atoms with van der Waals surface area (Å²) in [4.78, 5) is 13.8. The van der Waals surface area contributed by atoms with Gasteiger partial charge in [-0.15, -0.1) is 0 Å². The quantitative estimate of drug-likeness (QED) is 0.811. The number of morpholine rings is 1. The van der Waals surface area contributed by atoms with Gasteiger partial charge in [0.15, 0.2) is 0 Å². The molecule has 0 aromatic rings. The molecular weight excluding hydrogens is 307 g/mol. The van der Waals surface area contributed by atoms with Crippen LogP contribution in [-0.4, -0.2) is 73.5 Å². The predicted octanol–water partition coefficient (Wildman–Crippen LogP) is 1.06. The Hall–Kier alpha value is -0.670. The first-order valence-electron chi connectivity index (χ1n) is 6.90. The molecular formula is C12H20F3N3O2S. The molecule has 0 spiro atoms. The number of nitrogens with zero attached hydrogens (tertiary/aromatic N) is 1. The van der Waals surface area contributed by atoms with E-state index in [2.05, 4.69) is 10.2 Å². The Labute approximate surface area is 125 Å². The molecule has 0 aliphatic carbocycles. The zero-order chi connectivity index (χ0) is 15.3. The van der Waals surface area contributed by atoms with Crippen molar-refractivity contribution in [1.29, 1.82) is 0 Å². The molecule has 5 nitrogen and oxygen atoms in total. The molecule has 0 unspecified atom stereocenters. The summed E-state index contributed by atoms with van der Waals surface area (Å²) in [6.45, 7) is 1.97. The van der Waals surface area contributed by atoms with Crippen LogP contribution in [0.2, 0.25) is 0 Å². The molecule has 2 aliphatic rings. The average Bonchev–Trinajstić information content (AvgIpc) is 2.93. The van der Waals surface area contributed by atoms with E-state index in [1.54, 1.807) is 0 Å². The highest BCUT2D eigenvalue weighted by Crippen LogP contribution is 2.33. The summed E-state index contributed by atoms with van der Waals surface area (Å²) >= 11 is 1.81. The lowest BCUT2D eigenvalue weighted by Crippen LogP contribution is -2.60. The predicted molar refractivity (Wildman–Crippen MR) is 74.5 cm³/mol. The Morgan fingerprint density at radius 2 is 2.00 bits per heavy atom. The van der Waals surface area contributed by atoms with Gasteiger partial charge in [0.2, 0.25) is 0 Å². The van der Waals surface area contributed by atoms with Crippen molar-refractivity contribution >= 4 is 17.8 Å². The van der Waals surface area contributed by atoms with Gasteiger partial charge in [-0.2, -0.15) is 24.9 Å². The maximum absolute atomic E-state index is 12.1. The molecule has 2 rings (SSSR count). The minimum Gasteiger partial charge on any atom is -0.379 e. The molecule has 0 aromatic carbocycles. The van der Waals surface area contributed by atoms with Crippen molar-refractivity contribution in [1.82, 2.24) is 15.5 Å². The lowest BCUT2D eigenvalue weighted by atomic mass is 9.95. The van der Waals surface area contributed by atoms with E-state index in [0.717, 1.165) is 31.0 Å². The molecule has 1 atom stereocenters. The number of nitrogens with one attached hydrogen (secondary N) is 2. The van der Waals surface area contributed by atoms with E-state index < -0.39 is 18.8 Å². The number of thioether (sulfide) groups is 1. The largest absolute Gasteiger partial charge is 0.405 e. The Morgan fingerprint density at radius 1 is 1.29 bits per heavy atom. The van der Waals surface area contributed by atoms with Crippen LogP contribution in [0.1, 0.15) is 6.42 Å². The van der Waals surface area contributed by atoms with Crippen LogP contribution < -0.4 is 10.6 Å². The molecule has 2 N–H and O–H groups in total. The first-order chi connectivity index (χ1) is 9.91. The van der Waals surface area contributed by atoms with Crippen molar-refractivity contribution < 1.29 is 22.7 Å². The first kappa shape index (κ1) is 16.7. The van der Waals surface area contributed by atoms with Crippen LogP contribution in [0, 0.1) is 0 Å². The van der Waals surface area contributed by atoms with Crippen molar-refractivity contribution in [3.05, 3.63) is 0 Å². The topological polar surface area (TPSA) is 53.6 Å². The molecule has 122 valence electrons. The van der Waals surface area contributed by atoms with Crippen LogP contribution in [0.3, 0.4) is 0 Å². The number of urea groups is 1. The van der Waals surface area contributed by atoms with Crippen molar-refractivity contribution in [2.45, 2.75) is 18.1 Å². The third-order valence-corrected chi connectivity index (χ3v) is 5.03. The van der Waals surface area contributed by atoms with Crippen molar-refractivity contribution in [3.8, 4) is 0 Å². The number of rotatable bonds is 4. The third-order valence-electron chi connectivity index (χ3n) is 3.79. The summed E-state index contributed by atoms with van der Waals surface area (Å²) < 4.78 is 41.5. The van der Waals surface area contributed by atoms with Crippen LogP contribution in [0.15, 0.2) is 0 Å². The van der Waals surface area contributed by atoms with Crippen molar-refractivity contribution in [3.63, 3.8) is 0 Å². The summed E-state index contributed by atoms with van der Waals surface area (Å²) in [7, 11) is 0. The zero-order valence-corrected chi connectivity index (χ0v) is 12.5. The van der Waals surface area contributed by atoms with Crippen LogP contribution in [0.5, 0.6) is 0 Å². The van der Waals surface area contributed by atoms with Crippen molar-refractivity contribution in [2.24, 2.45) is 0 Å². The van der Waals surface area contributed by atoms with Crippen LogP contribution >= 0.6 is 11.8 Å². The van der Waals surface area contributed by atoms with Gasteiger partial charge < -0.3 is 15.4 Å². The fraction of sp³-hybridized carbons (Fsp3) is 0.917. The molecule has 9 heteroatoms. The summed E-state index contributed by atoms with van der Waals surface area (Å²) in [5.74, 6) is 1.88. The van der Waals surface area contributed by atoms with E-state index in [1.165, 1.54) is 0 Å². The Bertz CT molecular complexity index is 356. The van der Waals surface area contributed by atoms with Crippen LogP contribution in [-0.2, 0) is 4.74 Å². The highest BCUT2D eigenvalue weighted by atomic mass is 32.2. The second-order valence-electron chi connectivity index (χ2n) is 5.28. The van der Waals surface area contributed by atoms with Gasteiger partial charge >= 0.3 is 12.2 Å². The van der Waals surface area contributed by atoms with Gasteiger partial charge in [-0.3, -0.25) is 4.90 Å². The lowest BCUT2D eigenvalue weighted by molar-refractivity contribution is -0.122. The average molecular weight is 327 g/mol. The molecule has 21 heavy (non-hydrogen) atoms. The molecule has 0 aromatic heterocycles. The summed E-state index contributed by atoms with van der Waals surface area (Å²) in [6.07, 6.45) is -3.46. The molecule has 2 fully saturated rings. The molecule has 0 radical (unpaired) electrons. The fourth-order valence-electron chi connectivity index (χ4n) is 2.62. The minimum atomic E-state index is -4.39. The zero-order valence-electron chi connectivity index (χ0n) is 11.7. The molecule has 0 saturated carbocycles. The third kappa shape index (κ3) is 4.93. The van der Waals surface area contributed by atoms with E-state index >= 15 is 0 Å². The number of amides is 2. The van der Waals surface area contributed by atoms with Gasteiger partial charge in [0.1, 0.15) is 6.54 Å². The van der Waals surface area contributed by atoms with E-state index in [0.29, 0.717) is 19.8 Å². The summed E-state index contributed by atoms with van der Waals surface area (Å²) in [5, 5.41) is 4.43. The van der Waals surface area contributed by atoms with Gasteiger partial charge in [0.25, 0.3) is 0 Å². The van der Waals surface area contributed by atoms with Crippen LogP contribution in [0.4, 0.5) is 18.0 Å². The van der Waals surface area contributed by atoms with Gasteiger partial charge in [-0.1, -0.05) is 0 Å². The number of hydrogen-bond donors (Lipinski definition) is 2. The van der Waals surface area contributed by atoms with E-state index in [9.17, 15) is 18.0 Å². The fourth-order valence-corrected chi connectivity index (χ4v) is 4.10. The monoisotopic (exact) mass is 327 g/mol. The smallest absolute Gasteiger partial charge is 0.379 e. The Kier molecular flexibility index (Phi) is 5.61. The number of halogens is 3. The highest BCUT2D eigenvalue weighted by molar-refractivity contribution is 7.99. The standard InChI is InChI=1S/C12H20F3N3O2S/c13-12(14,15)8-17-10(19)16-7-11(1-6-21-9-11)18-2-4-20-5-3-18/h1-9H2,(H2,16,17,19)/t11-/m0/s1. The van der Waals surface area contributed by atoms with E-state index in [4.69, 9.17) is 4.74 Å². The normalized spacial score (nSPS) is 27.6. The van der Waals surface area contributed by atoms with E-state index in [1.807, 2.05) is 17.1 Å². The number of ether oxygens (including phenoxy) is 1. The Morgan fingerprint density at radius 3 is 2.57 bits per heavy atom. The summed E-state index contributed by atoms with van der Waals surface area (Å²) in [5.41, 5.74) is -0.163. The number of alkyl halides is 3. The lowest BCUT2D eigenvalue weighted by Gasteiger charge is -2.43. The Balaban J connectivity index is 1.84. The SMILES string of the molecule is O=C(NCC(F)(F)F)NC[C@@]1(N2CCOCC2)CCSC1. The number of carbonyl (C=O) groups is 1. The first-order valence-corrected chi connectivity index (χ1v) is 8.06. The van der Waals surface area contributed by atoms with Crippen LogP contribution in [0.25, 0.3) is 0 Å². The molecule has 2 aliphatic heterocycles. The van der Waals surface area contributed by atoms with Gasteiger partial charge in [0.05, 0.1) is 13.2 Å². The number of hydrogen-bond acceptors (Lipinski definition) is 4. The summed E-state index contributed by atoms with van der Waals surface area (Å²) in [6, 6.07) is -0.767. The van der Waals surface area contributed by atoms with E-state index in [-0.39, 0.29) is 5.54 Å². The molecule has 0 bridgehead atoms. The van der Waals surface area contributed by atoms with Gasteiger partial charge in [-0.05, 0) is 12.2 Å². The molecule has 2 saturated heterocycles. The maximum Gasteiger partial charge on any atom is 0.405 e. The second-order valence-corrected chi connectivity index (χ2v) is 6.38. The second kappa shape index (κ2) is 7.06. The minimum absolute atomic E-state index is 0.163.